The second-order valence-electron chi connectivity index (χ2n) is 9.57. The van der Waals surface area contributed by atoms with Gasteiger partial charge in [-0.15, -0.1) is 0 Å². The van der Waals surface area contributed by atoms with Crippen LogP contribution in [-0.4, -0.2) is 61.2 Å². The number of methoxy groups -OCH3 is 1. The number of aliphatic carboxylic acids is 1. The fourth-order valence-corrected chi connectivity index (χ4v) is 3.82. The molecule has 216 valence electrons. The average Bonchev–Trinajstić information content (AvgIpc) is 2.86. The summed E-state index contributed by atoms with van der Waals surface area (Å²) in [4.78, 5) is 23.9. The van der Waals surface area contributed by atoms with Gasteiger partial charge >= 0.3 is 12.1 Å². The van der Waals surface area contributed by atoms with Crippen molar-refractivity contribution in [3.05, 3.63) is 54.1 Å². The van der Waals surface area contributed by atoms with Crippen molar-refractivity contribution in [1.82, 2.24) is 10.6 Å². The zero-order valence-corrected chi connectivity index (χ0v) is 22.3. The molecule has 8 nitrogen and oxygen atoms in total. The second-order valence-corrected chi connectivity index (χ2v) is 9.57. The number of hydrogen-bond donors (Lipinski definition) is 4. The summed E-state index contributed by atoms with van der Waals surface area (Å²) in [7, 11) is 1.42. The summed E-state index contributed by atoms with van der Waals surface area (Å²) in [5.41, 5.74) is -1.48. The predicted octanol–water partition coefficient (Wildman–Crippen LogP) is 4.87. The average molecular weight is 558 g/mol. The van der Waals surface area contributed by atoms with E-state index in [1.807, 2.05) is 0 Å². The minimum atomic E-state index is -4.72. The summed E-state index contributed by atoms with van der Waals surface area (Å²) < 4.78 is 66.9. The summed E-state index contributed by atoms with van der Waals surface area (Å²) in [6, 6.07) is 7.58. The van der Waals surface area contributed by atoms with Crippen molar-refractivity contribution < 1.29 is 41.7 Å². The lowest BCUT2D eigenvalue weighted by Crippen LogP contribution is -2.53. The Kier molecular flexibility index (Phi) is 11.4. The van der Waals surface area contributed by atoms with Gasteiger partial charge in [0, 0.05) is 25.1 Å². The van der Waals surface area contributed by atoms with Gasteiger partial charge in [-0.3, -0.25) is 10.1 Å². The first-order valence-electron chi connectivity index (χ1n) is 12.4. The molecule has 0 aliphatic rings. The van der Waals surface area contributed by atoms with Crippen molar-refractivity contribution in [2.75, 3.05) is 25.6 Å². The molecule has 0 heterocycles. The Balaban J connectivity index is 2.15. The van der Waals surface area contributed by atoms with Crippen LogP contribution in [0.1, 0.15) is 45.2 Å². The molecule has 1 amide bonds. The molecular weight excluding hydrogens is 522 g/mol. The molecule has 0 bridgehead atoms. The van der Waals surface area contributed by atoms with Gasteiger partial charge in [-0.05, 0) is 38.0 Å². The van der Waals surface area contributed by atoms with E-state index in [1.165, 1.54) is 57.4 Å². The Morgan fingerprint density at radius 1 is 1.05 bits per heavy atom. The molecule has 0 aliphatic heterocycles. The summed E-state index contributed by atoms with van der Waals surface area (Å²) in [5, 5.41) is 16.9. The molecule has 2 aromatic carbocycles. The van der Waals surface area contributed by atoms with Gasteiger partial charge in [0.1, 0.15) is 23.2 Å². The van der Waals surface area contributed by atoms with Crippen LogP contribution in [0.4, 0.5) is 23.2 Å². The molecule has 0 unspecified atom stereocenters. The Morgan fingerprint density at radius 2 is 1.72 bits per heavy atom. The molecule has 0 fully saturated rings. The largest absolute Gasteiger partial charge is 0.494 e. The SMILES string of the molecule is CC[C@@H](CNc1ccc(OCC(=O)O)cc1OC)NC(=O)[C@H](CC(C)(C)F)N[C@@H](c1ccccc1)C(F)(F)F. The van der Waals surface area contributed by atoms with Gasteiger partial charge < -0.3 is 25.2 Å². The summed E-state index contributed by atoms with van der Waals surface area (Å²) in [6.07, 6.45) is -4.77. The van der Waals surface area contributed by atoms with Crippen LogP contribution in [0.3, 0.4) is 0 Å². The van der Waals surface area contributed by atoms with E-state index in [-0.39, 0.29) is 17.9 Å². The van der Waals surface area contributed by atoms with E-state index in [1.54, 1.807) is 19.1 Å². The van der Waals surface area contributed by atoms with Crippen molar-refractivity contribution >= 4 is 17.6 Å². The van der Waals surface area contributed by atoms with Crippen molar-refractivity contribution in [3.8, 4) is 11.5 Å². The molecule has 3 atom stereocenters. The van der Waals surface area contributed by atoms with E-state index in [2.05, 4.69) is 16.0 Å². The number of hydrogen-bond acceptors (Lipinski definition) is 6. The topological polar surface area (TPSA) is 109 Å². The van der Waals surface area contributed by atoms with Gasteiger partial charge in [-0.25, -0.2) is 9.18 Å². The molecule has 2 aromatic rings. The first kappa shape index (κ1) is 31.7. The van der Waals surface area contributed by atoms with E-state index in [4.69, 9.17) is 14.6 Å². The third kappa shape index (κ3) is 10.6. The number of anilines is 1. The number of carboxylic acids is 1. The van der Waals surface area contributed by atoms with Crippen LogP contribution in [0.5, 0.6) is 11.5 Å². The maximum Gasteiger partial charge on any atom is 0.407 e. The summed E-state index contributed by atoms with van der Waals surface area (Å²) in [5.74, 6) is -1.26. The van der Waals surface area contributed by atoms with Gasteiger partial charge in [0.25, 0.3) is 0 Å². The molecule has 0 radical (unpaired) electrons. The van der Waals surface area contributed by atoms with Gasteiger partial charge in [0.2, 0.25) is 5.91 Å². The molecule has 12 heteroatoms. The van der Waals surface area contributed by atoms with E-state index in [0.29, 0.717) is 17.9 Å². The van der Waals surface area contributed by atoms with Gasteiger partial charge in [0.05, 0.1) is 18.8 Å². The lowest BCUT2D eigenvalue weighted by Gasteiger charge is -2.31. The number of rotatable bonds is 15. The van der Waals surface area contributed by atoms with Crippen molar-refractivity contribution in [2.45, 2.75) is 63.6 Å². The van der Waals surface area contributed by atoms with Crippen LogP contribution < -0.4 is 25.4 Å². The van der Waals surface area contributed by atoms with Crippen molar-refractivity contribution in [2.24, 2.45) is 0 Å². The van der Waals surface area contributed by atoms with Crippen LogP contribution in [0.2, 0.25) is 0 Å². The highest BCUT2D eigenvalue weighted by atomic mass is 19.4. The zero-order chi connectivity index (χ0) is 29.2. The highest BCUT2D eigenvalue weighted by Crippen LogP contribution is 2.34. The lowest BCUT2D eigenvalue weighted by atomic mass is 9.97. The van der Waals surface area contributed by atoms with Gasteiger partial charge in [-0.1, -0.05) is 37.3 Å². The highest BCUT2D eigenvalue weighted by molar-refractivity contribution is 5.82. The predicted molar refractivity (Wildman–Crippen MR) is 139 cm³/mol. The third-order valence-corrected chi connectivity index (χ3v) is 5.75. The van der Waals surface area contributed by atoms with Crippen LogP contribution in [0.15, 0.2) is 48.5 Å². The molecular formula is C27H35F4N3O5. The first-order valence-corrected chi connectivity index (χ1v) is 12.4. The third-order valence-electron chi connectivity index (χ3n) is 5.75. The summed E-state index contributed by atoms with van der Waals surface area (Å²) in [6.45, 7) is 3.85. The van der Waals surface area contributed by atoms with E-state index in [9.17, 15) is 27.2 Å². The fourth-order valence-electron chi connectivity index (χ4n) is 3.82. The number of carbonyl (C=O) groups excluding carboxylic acids is 1. The van der Waals surface area contributed by atoms with E-state index >= 15 is 0 Å². The Hall–Kier alpha value is -3.54. The lowest BCUT2D eigenvalue weighted by molar-refractivity contribution is -0.161. The van der Waals surface area contributed by atoms with Crippen LogP contribution >= 0.6 is 0 Å². The fraction of sp³-hybridized carbons (Fsp3) is 0.481. The molecule has 0 spiro atoms. The molecule has 4 N–H and O–H groups in total. The number of carbonyl (C=O) groups is 2. The number of nitrogens with one attached hydrogen (secondary N) is 3. The number of ether oxygens (including phenoxy) is 2. The standard InChI is InChI=1S/C27H35F4N3O5/c1-5-18(15-32-20-12-11-19(13-22(20)38-4)39-16-23(35)36)33-25(37)21(14-26(2,3)28)34-24(27(29,30)31)17-9-7-6-8-10-17/h6-13,18,21,24,32,34H,5,14-16H2,1-4H3,(H,33,37)(H,35,36)/t18-,21-,24-/m0/s1. The van der Waals surface area contributed by atoms with Crippen LogP contribution in [-0.2, 0) is 9.59 Å². The van der Waals surface area contributed by atoms with Crippen molar-refractivity contribution in [3.63, 3.8) is 0 Å². The Morgan fingerprint density at radius 3 is 2.26 bits per heavy atom. The minimum Gasteiger partial charge on any atom is -0.494 e. The molecule has 0 saturated heterocycles. The molecule has 2 rings (SSSR count). The Labute approximate surface area is 225 Å². The van der Waals surface area contributed by atoms with E-state index in [0.717, 1.165) is 0 Å². The molecule has 0 aromatic heterocycles. The number of halogens is 4. The second kappa shape index (κ2) is 14.0. The normalized spacial score (nSPS) is 14.2. The quantitative estimate of drug-likeness (QED) is 0.232. The first-order chi connectivity index (χ1) is 18.2. The van der Waals surface area contributed by atoms with Crippen molar-refractivity contribution in [1.29, 1.82) is 0 Å². The summed E-state index contributed by atoms with van der Waals surface area (Å²) >= 11 is 0. The number of amides is 1. The highest BCUT2D eigenvalue weighted by Gasteiger charge is 2.43. The number of benzene rings is 2. The monoisotopic (exact) mass is 557 g/mol. The zero-order valence-electron chi connectivity index (χ0n) is 22.3. The maximum atomic E-state index is 14.6. The van der Waals surface area contributed by atoms with Gasteiger partial charge in [-0.2, -0.15) is 13.2 Å². The minimum absolute atomic E-state index is 0.0870. The van der Waals surface area contributed by atoms with Gasteiger partial charge in [0.15, 0.2) is 6.61 Å². The number of alkyl halides is 4. The van der Waals surface area contributed by atoms with Crippen LogP contribution in [0.25, 0.3) is 0 Å². The maximum absolute atomic E-state index is 14.6. The number of carboxylic acid groups (broad SMARTS) is 1. The molecule has 0 saturated carbocycles. The Bertz CT molecular complexity index is 1080. The molecule has 39 heavy (non-hydrogen) atoms. The van der Waals surface area contributed by atoms with E-state index < -0.39 is 54.9 Å². The van der Waals surface area contributed by atoms with Crippen LogP contribution in [0, 0.1) is 0 Å². The molecule has 0 aliphatic carbocycles. The smallest absolute Gasteiger partial charge is 0.407 e.